The van der Waals surface area contributed by atoms with Gasteiger partial charge in [-0.15, -0.1) is 0 Å². The van der Waals surface area contributed by atoms with Crippen molar-refractivity contribution in [3.8, 4) is 11.5 Å². The number of aliphatic hydroxyl groups excluding tert-OH is 4. The Morgan fingerprint density at radius 1 is 0.714 bits per heavy atom. The third-order valence-corrected chi connectivity index (χ3v) is 12.3. The van der Waals surface area contributed by atoms with E-state index in [2.05, 4.69) is 0 Å². The highest BCUT2D eigenvalue weighted by molar-refractivity contribution is 6.31. The SMILES string of the molecule is CC[C@H]1O[C@@H](c2ccc(Cl)c(Cc3ccc(O)cc3)c2)[C@H](OC(C)=O)[C@@H](OC(C)=O)[C@@H]1C.OC[C@H]1O[C@@H](c2ccc(Cl)c(Cc3ccc(O[C@H]4CCOC4)cc3)c2)[C@H](O)[C@@H](O)[C@@H]1O. The molecular weight excluding hydrogens is 855 g/mol. The number of ether oxygens (including phenoxy) is 6. The van der Waals surface area contributed by atoms with Crippen LogP contribution in [0.5, 0.6) is 11.5 Å². The number of carbonyl (C=O) groups is 2. The van der Waals surface area contributed by atoms with E-state index in [1.807, 2.05) is 68.4 Å². The predicted molar refractivity (Wildman–Crippen MR) is 234 cm³/mol. The quantitative estimate of drug-likeness (QED) is 0.0958. The first-order valence-electron chi connectivity index (χ1n) is 21.1. The summed E-state index contributed by atoms with van der Waals surface area (Å²) in [6.45, 7) is 7.49. The summed E-state index contributed by atoms with van der Waals surface area (Å²) in [7, 11) is 0. The number of hydrogen-bond donors (Lipinski definition) is 5. The van der Waals surface area contributed by atoms with E-state index in [4.69, 9.17) is 51.6 Å². The van der Waals surface area contributed by atoms with E-state index < -0.39 is 67.4 Å². The molecule has 0 aromatic heterocycles. The number of benzene rings is 4. The third-order valence-electron chi connectivity index (χ3n) is 11.6. The highest BCUT2D eigenvalue weighted by Crippen LogP contribution is 2.41. The Bertz CT molecular complexity index is 2130. The molecule has 3 saturated heterocycles. The number of hydrogen-bond acceptors (Lipinski definition) is 13. The maximum absolute atomic E-state index is 11.9. The number of rotatable bonds is 12. The molecule has 3 heterocycles. The van der Waals surface area contributed by atoms with Crippen LogP contribution in [0.3, 0.4) is 0 Å². The van der Waals surface area contributed by atoms with Crippen molar-refractivity contribution >= 4 is 35.1 Å². The van der Waals surface area contributed by atoms with Crippen LogP contribution >= 0.6 is 23.2 Å². The van der Waals surface area contributed by atoms with Gasteiger partial charge in [-0.25, -0.2) is 0 Å². The van der Waals surface area contributed by atoms with Gasteiger partial charge >= 0.3 is 11.9 Å². The maximum Gasteiger partial charge on any atom is 0.303 e. The van der Waals surface area contributed by atoms with E-state index in [0.29, 0.717) is 35.1 Å². The van der Waals surface area contributed by atoms with Crippen LogP contribution in [0, 0.1) is 5.92 Å². The zero-order chi connectivity index (χ0) is 45.4. The van der Waals surface area contributed by atoms with Crippen molar-refractivity contribution in [2.24, 2.45) is 5.92 Å². The first-order chi connectivity index (χ1) is 30.1. The van der Waals surface area contributed by atoms with E-state index in [1.165, 1.54) is 13.8 Å². The molecule has 11 atom stereocenters. The van der Waals surface area contributed by atoms with Gasteiger partial charge in [-0.2, -0.15) is 0 Å². The fourth-order valence-electron chi connectivity index (χ4n) is 8.22. The maximum atomic E-state index is 11.9. The van der Waals surface area contributed by atoms with Gasteiger partial charge in [-0.3, -0.25) is 9.59 Å². The number of phenols is 1. The molecule has 0 aliphatic carbocycles. The molecular formula is C48H56Cl2O13. The molecule has 0 spiro atoms. The van der Waals surface area contributed by atoms with Gasteiger partial charge in [-0.05, 0) is 89.0 Å². The Morgan fingerprint density at radius 2 is 1.25 bits per heavy atom. The minimum absolute atomic E-state index is 0.0931. The molecule has 0 radical (unpaired) electrons. The van der Waals surface area contributed by atoms with Crippen molar-refractivity contribution in [2.45, 2.75) is 114 Å². The zero-order valence-corrected chi connectivity index (χ0v) is 37.2. The van der Waals surface area contributed by atoms with Gasteiger partial charge in [0.2, 0.25) is 0 Å². The molecule has 3 aliphatic heterocycles. The van der Waals surface area contributed by atoms with Crippen molar-refractivity contribution in [1.29, 1.82) is 0 Å². The molecule has 4 aromatic rings. The van der Waals surface area contributed by atoms with E-state index in [-0.39, 0.29) is 23.9 Å². The topological polar surface area (TPSA) is 191 Å². The smallest absolute Gasteiger partial charge is 0.303 e. The molecule has 0 saturated carbocycles. The standard InChI is InChI=1S/C25H29ClO6.C23H27ClO7/c1-5-22-14(2)23(30-15(3)27)25(31-16(4)28)24(32-22)18-8-11-21(26)19(13-18)12-17-6-9-20(29)10-7-17;24-18-6-3-14(23-22(28)21(27)20(26)19(11-25)31-23)10-15(18)9-13-1-4-16(5-2-13)30-17-7-8-29-12-17/h6-11,13-14,22-25,29H,5,12H2,1-4H3;1-6,10,17,19-23,25-28H,7-9,11-12H2/t14-,22-,23+,24+,25-;17-,19+,20+,21-,22+,23-/m10/s1. The molecule has 340 valence electrons. The van der Waals surface area contributed by atoms with E-state index in [0.717, 1.165) is 53.0 Å². The van der Waals surface area contributed by atoms with Gasteiger partial charge < -0.3 is 54.0 Å². The van der Waals surface area contributed by atoms with Gasteiger partial charge in [0.05, 0.1) is 25.9 Å². The van der Waals surface area contributed by atoms with Gasteiger partial charge in [0.15, 0.2) is 6.10 Å². The molecule has 0 amide bonds. The van der Waals surface area contributed by atoms with Crippen LogP contribution in [-0.4, -0.2) is 106 Å². The first-order valence-corrected chi connectivity index (χ1v) is 21.9. The number of aromatic hydroxyl groups is 1. The van der Waals surface area contributed by atoms with Crippen LogP contribution in [-0.2, 0) is 46.1 Å². The van der Waals surface area contributed by atoms with Crippen LogP contribution in [0.1, 0.15) is 86.1 Å². The molecule has 13 nitrogen and oxygen atoms in total. The fourth-order valence-corrected chi connectivity index (χ4v) is 8.59. The van der Waals surface area contributed by atoms with Crippen LogP contribution in [0.2, 0.25) is 10.0 Å². The third kappa shape index (κ3) is 12.3. The monoisotopic (exact) mass is 910 g/mol. The lowest BCUT2D eigenvalue weighted by atomic mass is 9.84. The Labute approximate surface area is 377 Å². The summed E-state index contributed by atoms with van der Waals surface area (Å²) in [5, 5.41) is 50.6. The Hall–Kier alpha value is -4.28. The summed E-state index contributed by atoms with van der Waals surface area (Å²) in [5.41, 5.74) is 5.11. The van der Waals surface area contributed by atoms with Crippen LogP contribution < -0.4 is 4.74 Å². The normalized spacial score (nSPS) is 28.1. The molecule has 0 unspecified atom stereocenters. The molecule has 63 heavy (non-hydrogen) atoms. The van der Waals surface area contributed by atoms with Gasteiger partial charge in [0.1, 0.15) is 60.3 Å². The van der Waals surface area contributed by atoms with Crippen molar-refractivity contribution in [3.63, 3.8) is 0 Å². The molecule has 7 rings (SSSR count). The van der Waals surface area contributed by atoms with Crippen LogP contribution in [0.25, 0.3) is 0 Å². The second kappa shape index (κ2) is 22.1. The van der Waals surface area contributed by atoms with Crippen LogP contribution in [0.15, 0.2) is 84.9 Å². The number of aliphatic hydroxyl groups is 4. The second-order valence-corrected chi connectivity index (χ2v) is 17.0. The molecule has 3 aliphatic rings. The molecule has 15 heteroatoms. The zero-order valence-electron chi connectivity index (χ0n) is 35.6. The van der Waals surface area contributed by atoms with E-state index in [9.17, 15) is 35.1 Å². The summed E-state index contributed by atoms with van der Waals surface area (Å²) < 4.78 is 34.5. The number of carbonyl (C=O) groups excluding carboxylic acids is 2. The fraction of sp³-hybridized carbons (Fsp3) is 0.458. The first kappa shape index (κ1) is 48.2. The Morgan fingerprint density at radius 3 is 1.78 bits per heavy atom. The number of halogens is 2. The molecule has 3 fully saturated rings. The van der Waals surface area contributed by atoms with E-state index in [1.54, 1.807) is 30.3 Å². The van der Waals surface area contributed by atoms with Crippen molar-refractivity contribution in [3.05, 3.63) is 128 Å². The largest absolute Gasteiger partial charge is 0.508 e. The predicted octanol–water partition coefficient (Wildman–Crippen LogP) is 6.60. The summed E-state index contributed by atoms with van der Waals surface area (Å²) in [4.78, 5) is 23.7. The lowest BCUT2D eigenvalue weighted by molar-refractivity contribution is -0.231. The Balaban J connectivity index is 0.000000210. The van der Waals surface area contributed by atoms with Gasteiger partial charge in [0, 0.05) is 36.2 Å². The van der Waals surface area contributed by atoms with Gasteiger partial charge in [0.25, 0.3) is 0 Å². The summed E-state index contributed by atoms with van der Waals surface area (Å²) in [6, 6.07) is 25.5. The second-order valence-electron chi connectivity index (χ2n) is 16.2. The highest BCUT2D eigenvalue weighted by atomic mass is 35.5. The average molecular weight is 912 g/mol. The van der Waals surface area contributed by atoms with E-state index >= 15 is 0 Å². The van der Waals surface area contributed by atoms with Crippen molar-refractivity contribution < 1.29 is 63.5 Å². The molecule has 5 N–H and O–H groups in total. The van der Waals surface area contributed by atoms with Crippen molar-refractivity contribution in [1.82, 2.24) is 0 Å². The summed E-state index contributed by atoms with van der Waals surface area (Å²) in [5.74, 6) is -0.0573. The summed E-state index contributed by atoms with van der Waals surface area (Å²) >= 11 is 12.9. The number of phenolic OH excluding ortho intramolecular Hbond substituents is 1. The minimum Gasteiger partial charge on any atom is -0.508 e. The lowest BCUT2D eigenvalue weighted by Crippen LogP contribution is -2.55. The van der Waals surface area contributed by atoms with Crippen molar-refractivity contribution in [2.75, 3.05) is 19.8 Å². The number of esters is 2. The minimum atomic E-state index is -1.42. The molecule has 4 aromatic carbocycles. The Kier molecular flexibility index (Phi) is 16.9. The van der Waals surface area contributed by atoms with Crippen LogP contribution in [0.4, 0.5) is 0 Å². The summed E-state index contributed by atoms with van der Waals surface area (Å²) in [6.07, 6.45) is -5.38. The molecule has 0 bridgehead atoms. The lowest BCUT2D eigenvalue weighted by Gasteiger charge is -2.44. The average Bonchev–Trinajstić information content (AvgIpc) is 3.78. The highest BCUT2D eigenvalue weighted by Gasteiger charge is 2.48. The van der Waals surface area contributed by atoms with Gasteiger partial charge in [-0.1, -0.05) is 85.6 Å².